The molecule has 1 fully saturated rings. The Bertz CT molecular complexity index is 779. The minimum Gasteiger partial charge on any atom is -0.494 e. The number of benzene rings is 1. The maximum atomic E-state index is 13.0. The zero-order chi connectivity index (χ0) is 25.7. The number of halogens is 3. The standard InChI is InChI=1S/C21H33N3O3.C2HF3O2/c1-4-27-19-7-5-18(6-8-19)21(26)24(13-9-17(2)3)14-10-20(25)23-15-11-22-12-16-23;3-2(4,5)1(6)7/h5-8,17,22H,4,9-16H2,1-3H3;(H,6,7). The molecule has 2 rings (SSSR count). The van der Waals surface area contributed by atoms with E-state index in [0.717, 1.165) is 38.3 Å². The van der Waals surface area contributed by atoms with Crippen molar-refractivity contribution in [2.24, 2.45) is 5.92 Å². The highest BCUT2D eigenvalue weighted by molar-refractivity contribution is 5.94. The van der Waals surface area contributed by atoms with Gasteiger partial charge in [-0.05, 0) is 43.5 Å². The number of hydrogen-bond acceptors (Lipinski definition) is 5. The lowest BCUT2D eigenvalue weighted by Crippen LogP contribution is -2.47. The van der Waals surface area contributed by atoms with E-state index in [4.69, 9.17) is 14.6 Å². The predicted molar refractivity (Wildman–Crippen MR) is 121 cm³/mol. The molecule has 1 aliphatic rings. The minimum atomic E-state index is -5.08. The number of carboxylic acids is 1. The molecule has 1 heterocycles. The third-order valence-electron chi connectivity index (χ3n) is 4.98. The van der Waals surface area contributed by atoms with Crippen molar-refractivity contribution in [2.45, 2.75) is 39.8 Å². The van der Waals surface area contributed by atoms with Crippen molar-refractivity contribution in [1.82, 2.24) is 15.1 Å². The molecule has 0 bridgehead atoms. The molecule has 2 amide bonds. The minimum absolute atomic E-state index is 0.0215. The first kappa shape index (κ1) is 29.2. The molecule has 192 valence electrons. The van der Waals surface area contributed by atoms with Crippen LogP contribution in [-0.2, 0) is 9.59 Å². The van der Waals surface area contributed by atoms with E-state index in [0.29, 0.717) is 37.6 Å². The molecule has 0 saturated carbocycles. The van der Waals surface area contributed by atoms with Gasteiger partial charge >= 0.3 is 12.1 Å². The summed E-state index contributed by atoms with van der Waals surface area (Å²) in [5.41, 5.74) is 0.636. The molecule has 2 N–H and O–H groups in total. The summed E-state index contributed by atoms with van der Waals surface area (Å²) in [5.74, 6) is -1.38. The van der Waals surface area contributed by atoms with E-state index >= 15 is 0 Å². The summed E-state index contributed by atoms with van der Waals surface area (Å²) in [6, 6.07) is 7.24. The number of nitrogens with zero attached hydrogens (tertiary/aromatic N) is 2. The van der Waals surface area contributed by atoms with Gasteiger partial charge in [0.05, 0.1) is 6.61 Å². The number of hydrogen-bond donors (Lipinski definition) is 2. The molecule has 0 spiro atoms. The number of carboxylic acid groups (broad SMARTS) is 1. The van der Waals surface area contributed by atoms with Crippen LogP contribution >= 0.6 is 0 Å². The largest absolute Gasteiger partial charge is 0.494 e. The highest BCUT2D eigenvalue weighted by Gasteiger charge is 2.38. The van der Waals surface area contributed by atoms with Crippen molar-refractivity contribution in [1.29, 1.82) is 0 Å². The van der Waals surface area contributed by atoms with E-state index in [1.807, 2.05) is 28.9 Å². The van der Waals surface area contributed by atoms with Crippen molar-refractivity contribution in [2.75, 3.05) is 45.9 Å². The van der Waals surface area contributed by atoms with E-state index in [9.17, 15) is 22.8 Å². The van der Waals surface area contributed by atoms with Gasteiger partial charge in [-0.15, -0.1) is 0 Å². The van der Waals surface area contributed by atoms with E-state index in [1.165, 1.54) is 0 Å². The van der Waals surface area contributed by atoms with Crippen molar-refractivity contribution >= 4 is 17.8 Å². The second-order valence-corrected chi connectivity index (χ2v) is 8.12. The van der Waals surface area contributed by atoms with Gasteiger partial charge in [-0.25, -0.2) is 4.79 Å². The molecule has 34 heavy (non-hydrogen) atoms. The lowest BCUT2D eigenvalue weighted by molar-refractivity contribution is -0.192. The average Bonchev–Trinajstić information content (AvgIpc) is 2.79. The van der Waals surface area contributed by atoms with Gasteiger partial charge in [0.1, 0.15) is 5.75 Å². The van der Waals surface area contributed by atoms with Gasteiger partial charge in [-0.2, -0.15) is 13.2 Å². The number of rotatable bonds is 9. The van der Waals surface area contributed by atoms with Gasteiger partial charge in [0.15, 0.2) is 0 Å². The molecule has 1 aromatic carbocycles. The van der Waals surface area contributed by atoms with Crippen LogP contribution < -0.4 is 10.1 Å². The van der Waals surface area contributed by atoms with Crippen LogP contribution in [0.5, 0.6) is 5.75 Å². The Balaban J connectivity index is 0.000000718. The zero-order valence-electron chi connectivity index (χ0n) is 19.9. The SMILES string of the molecule is CCOc1ccc(C(=O)N(CCC(=O)N2CCNCC2)CCC(C)C)cc1.O=C(O)C(F)(F)F. The smallest absolute Gasteiger partial charge is 0.490 e. The summed E-state index contributed by atoms with van der Waals surface area (Å²) in [5, 5.41) is 10.4. The quantitative estimate of drug-likeness (QED) is 0.553. The normalized spacial score (nSPS) is 13.7. The number of aliphatic carboxylic acids is 1. The zero-order valence-corrected chi connectivity index (χ0v) is 19.9. The number of carbonyl (C=O) groups excluding carboxylic acids is 2. The highest BCUT2D eigenvalue weighted by atomic mass is 19.4. The van der Waals surface area contributed by atoms with Crippen LogP contribution in [0, 0.1) is 5.92 Å². The van der Waals surface area contributed by atoms with Crippen LogP contribution in [0.2, 0.25) is 0 Å². The molecular formula is C23H34F3N3O5. The van der Waals surface area contributed by atoms with Gasteiger partial charge in [-0.3, -0.25) is 9.59 Å². The van der Waals surface area contributed by atoms with Crippen LogP contribution in [-0.4, -0.2) is 84.7 Å². The molecule has 0 atom stereocenters. The molecule has 0 aromatic heterocycles. The Morgan fingerprint density at radius 1 is 1.12 bits per heavy atom. The van der Waals surface area contributed by atoms with E-state index < -0.39 is 12.1 Å². The maximum Gasteiger partial charge on any atom is 0.490 e. The van der Waals surface area contributed by atoms with Crippen molar-refractivity contribution in [3.8, 4) is 5.75 Å². The Labute approximate surface area is 198 Å². The first-order valence-corrected chi connectivity index (χ1v) is 11.3. The van der Waals surface area contributed by atoms with Crippen LogP contribution in [0.15, 0.2) is 24.3 Å². The lowest BCUT2D eigenvalue weighted by Gasteiger charge is -2.29. The lowest BCUT2D eigenvalue weighted by atomic mass is 10.1. The third kappa shape index (κ3) is 10.9. The molecule has 0 aliphatic carbocycles. The molecule has 11 heteroatoms. The topological polar surface area (TPSA) is 99.2 Å². The van der Waals surface area contributed by atoms with Gasteiger partial charge < -0.3 is 25.0 Å². The predicted octanol–water partition coefficient (Wildman–Crippen LogP) is 3.03. The summed E-state index contributed by atoms with van der Waals surface area (Å²) < 4.78 is 37.2. The van der Waals surface area contributed by atoms with Gasteiger partial charge in [0, 0.05) is 51.3 Å². The second kappa shape index (κ2) is 14.4. The Morgan fingerprint density at radius 2 is 1.68 bits per heavy atom. The number of nitrogens with one attached hydrogen (secondary N) is 1. The van der Waals surface area contributed by atoms with Gasteiger partial charge in [0.25, 0.3) is 5.91 Å². The highest BCUT2D eigenvalue weighted by Crippen LogP contribution is 2.15. The number of ether oxygens (including phenoxy) is 1. The summed E-state index contributed by atoms with van der Waals surface area (Å²) in [6.07, 6.45) is -3.79. The fourth-order valence-electron chi connectivity index (χ4n) is 3.07. The average molecular weight is 490 g/mol. The summed E-state index contributed by atoms with van der Waals surface area (Å²) in [7, 11) is 0. The molecule has 1 aliphatic heterocycles. The number of carbonyl (C=O) groups is 3. The van der Waals surface area contributed by atoms with Crippen molar-refractivity contribution in [3.05, 3.63) is 29.8 Å². The number of alkyl halides is 3. The molecule has 0 unspecified atom stereocenters. The molecule has 0 radical (unpaired) electrons. The first-order chi connectivity index (χ1) is 16.0. The number of amides is 2. The monoisotopic (exact) mass is 489 g/mol. The van der Waals surface area contributed by atoms with Gasteiger partial charge in [0.2, 0.25) is 5.91 Å². The summed E-state index contributed by atoms with van der Waals surface area (Å²) >= 11 is 0. The Morgan fingerprint density at radius 3 is 2.15 bits per heavy atom. The fourth-order valence-corrected chi connectivity index (χ4v) is 3.07. The van der Waals surface area contributed by atoms with Crippen LogP contribution in [0.1, 0.15) is 44.0 Å². The Hall–Kier alpha value is -2.82. The first-order valence-electron chi connectivity index (χ1n) is 11.3. The van der Waals surface area contributed by atoms with Crippen LogP contribution in [0.4, 0.5) is 13.2 Å². The summed E-state index contributed by atoms with van der Waals surface area (Å²) in [6.45, 7) is 11.1. The van der Waals surface area contributed by atoms with Crippen LogP contribution in [0.25, 0.3) is 0 Å². The van der Waals surface area contributed by atoms with Gasteiger partial charge in [-0.1, -0.05) is 13.8 Å². The van der Waals surface area contributed by atoms with E-state index in [2.05, 4.69) is 19.2 Å². The Kier molecular flexibility index (Phi) is 12.4. The summed E-state index contributed by atoms with van der Waals surface area (Å²) in [4.78, 5) is 38.0. The van der Waals surface area contributed by atoms with Crippen molar-refractivity contribution in [3.63, 3.8) is 0 Å². The molecular weight excluding hydrogens is 455 g/mol. The van der Waals surface area contributed by atoms with Crippen molar-refractivity contribution < 1.29 is 37.4 Å². The third-order valence-corrected chi connectivity index (χ3v) is 4.98. The number of piperazine rings is 1. The molecule has 1 aromatic rings. The molecule has 8 nitrogen and oxygen atoms in total. The van der Waals surface area contributed by atoms with Crippen LogP contribution in [0.3, 0.4) is 0 Å². The maximum absolute atomic E-state index is 13.0. The van der Waals surface area contributed by atoms with E-state index in [1.54, 1.807) is 12.1 Å². The van der Waals surface area contributed by atoms with E-state index in [-0.39, 0.29) is 11.8 Å². The molecule has 1 saturated heterocycles. The second-order valence-electron chi connectivity index (χ2n) is 8.12. The fraction of sp³-hybridized carbons (Fsp3) is 0.609.